The zero-order chi connectivity index (χ0) is 13.6. The van der Waals surface area contributed by atoms with Crippen LogP contribution < -0.4 is 0 Å². The molecule has 0 saturated carbocycles. The highest BCUT2D eigenvalue weighted by atomic mass is 16.5. The fourth-order valence-electron chi connectivity index (χ4n) is 2.03. The van der Waals surface area contributed by atoms with Crippen LogP contribution in [0.3, 0.4) is 0 Å². The molecule has 0 aliphatic rings. The Labute approximate surface area is 108 Å². The number of fused-ring (bicyclic) bond motifs is 3. The molecule has 3 rings (SSSR count). The molecule has 0 spiro atoms. The maximum atomic E-state index is 11.9. The summed E-state index contributed by atoms with van der Waals surface area (Å²) in [7, 11) is 1.27. The summed E-state index contributed by atoms with van der Waals surface area (Å²) in [6.07, 6.45) is 0. The second kappa shape index (κ2) is 3.99. The standard InChI is InChI=1S/C12H11N5O2/c1-7-3-4-8-6-9(12(18)16(2)19)11-13-14-15-17(11)10(8)5-7/h3-6,19H,1-2H3. The largest absolute Gasteiger partial charge is 0.286 e. The molecule has 19 heavy (non-hydrogen) atoms. The first-order chi connectivity index (χ1) is 9.08. The number of amides is 1. The van der Waals surface area contributed by atoms with Gasteiger partial charge in [0.2, 0.25) is 0 Å². The number of hydrogen-bond acceptors (Lipinski definition) is 5. The minimum Gasteiger partial charge on any atom is -0.286 e. The van der Waals surface area contributed by atoms with Gasteiger partial charge in [-0.3, -0.25) is 10.0 Å². The normalized spacial score (nSPS) is 11.1. The van der Waals surface area contributed by atoms with Crippen LogP contribution in [0.1, 0.15) is 15.9 Å². The van der Waals surface area contributed by atoms with Crippen LogP contribution in [-0.4, -0.2) is 43.3 Å². The molecule has 2 aromatic heterocycles. The molecule has 2 heterocycles. The van der Waals surface area contributed by atoms with Gasteiger partial charge in [0.25, 0.3) is 5.91 Å². The molecular formula is C12H11N5O2. The predicted octanol–water partition coefficient (Wildman–Crippen LogP) is 1.05. The molecule has 3 aromatic rings. The van der Waals surface area contributed by atoms with Gasteiger partial charge < -0.3 is 0 Å². The zero-order valence-corrected chi connectivity index (χ0v) is 10.4. The molecule has 0 fully saturated rings. The van der Waals surface area contributed by atoms with Gasteiger partial charge in [0.05, 0.1) is 11.1 Å². The third-order valence-electron chi connectivity index (χ3n) is 2.95. The van der Waals surface area contributed by atoms with Gasteiger partial charge in [0, 0.05) is 12.4 Å². The van der Waals surface area contributed by atoms with Crippen LogP contribution in [0.5, 0.6) is 0 Å². The number of hydroxylamine groups is 2. The molecule has 0 radical (unpaired) electrons. The number of carbonyl (C=O) groups excluding carboxylic acids is 1. The highest BCUT2D eigenvalue weighted by Gasteiger charge is 2.18. The Morgan fingerprint density at radius 1 is 1.37 bits per heavy atom. The quantitative estimate of drug-likeness (QED) is 0.520. The molecule has 1 aromatic carbocycles. The van der Waals surface area contributed by atoms with E-state index < -0.39 is 5.91 Å². The molecule has 0 aliphatic heterocycles. The number of tetrazole rings is 1. The van der Waals surface area contributed by atoms with Crippen molar-refractivity contribution in [1.82, 2.24) is 25.1 Å². The van der Waals surface area contributed by atoms with Crippen molar-refractivity contribution < 1.29 is 10.0 Å². The molecule has 7 nitrogen and oxygen atoms in total. The van der Waals surface area contributed by atoms with E-state index in [2.05, 4.69) is 15.5 Å². The van der Waals surface area contributed by atoms with Gasteiger partial charge in [-0.15, -0.1) is 5.10 Å². The molecule has 7 heteroatoms. The molecule has 0 bridgehead atoms. The monoisotopic (exact) mass is 257 g/mol. The molecule has 96 valence electrons. The fourth-order valence-corrected chi connectivity index (χ4v) is 2.03. The van der Waals surface area contributed by atoms with Crippen molar-refractivity contribution in [3.05, 3.63) is 35.4 Å². The van der Waals surface area contributed by atoms with Gasteiger partial charge in [0.1, 0.15) is 0 Å². The first kappa shape index (κ1) is 11.5. The van der Waals surface area contributed by atoms with Crippen LogP contribution in [0.25, 0.3) is 16.6 Å². The molecule has 1 N–H and O–H groups in total. The predicted molar refractivity (Wildman–Crippen MR) is 66.9 cm³/mol. The van der Waals surface area contributed by atoms with E-state index in [1.807, 2.05) is 25.1 Å². The van der Waals surface area contributed by atoms with E-state index in [1.165, 1.54) is 11.6 Å². The number of benzene rings is 1. The number of nitrogens with zero attached hydrogens (tertiary/aromatic N) is 5. The average Bonchev–Trinajstić information content (AvgIpc) is 2.86. The van der Waals surface area contributed by atoms with Crippen molar-refractivity contribution in [2.24, 2.45) is 0 Å². The number of aryl methyl sites for hydroxylation is 1. The van der Waals surface area contributed by atoms with E-state index in [4.69, 9.17) is 0 Å². The van der Waals surface area contributed by atoms with E-state index >= 15 is 0 Å². The highest BCUT2D eigenvalue weighted by molar-refractivity contribution is 6.02. The summed E-state index contributed by atoms with van der Waals surface area (Å²) >= 11 is 0. The van der Waals surface area contributed by atoms with Crippen LogP contribution in [0.4, 0.5) is 0 Å². The van der Waals surface area contributed by atoms with Gasteiger partial charge >= 0.3 is 0 Å². The summed E-state index contributed by atoms with van der Waals surface area (Å²) in [6, 6.07) is 7.44. The van der Waals surface area contributed by atoms with Crippen molar-refractivity contribution in [2.75, 3.05) is 7.05 Å². The molecule has 0 saturated heterocycles. The fraction of sp³-hybridized carbons (Fsp3) is 0.167. The summed E-state index contributed by atoms with van der Waals surface area (Å²) < 4.78 is 1.50. The van der Waals surface area contributed by atoms with Crippen LogP contribution in [0.2, 0.25) is 0 Å². The minimum absolute atomic E-state index is 0.256. The first-order valence-electron chi connectivity index (χ1n) is 5.66. The van der Waals surface area contributed by atoms with Crippen molar-refractivity contribution in [3.8, 4) is 0 Å². The van der Waals surface area contributed by atoms with Crippen molar-refractivity contribution in [3.63, 3.8) is 0 Å². The maximum absolute atomic E-state index is 11.9. The summed E-state index contributed by atoms with van der Waals surface area (Å²) in [6.45, 7) is 1.97. The van der Waals surface area contributed by atoms with E-state index in [0.29, 0.717) is 10.7 Å². The van der Waals surface area contributed by atoms with Crippen LogP contribution in [-0.2, 0) is 0 Å². The number of aromatic nitrogens is 4. The van der Waals surface area contributed by atoms with Gasteiger partial charge in [-0.25, -0.2) is 5.06 Å². The third kappa shape index (κ3) is 1.71. The topological polar surface area (TPSA) is 83.6 Å². The lowest BCUT2D eigenvalue weighted by Crippen LogP contribution is -2.23. The number of carbonyl (C=O) groups is 1. The van der Waals surface area contributed by atoms with Crippen LogP contribution in [0, 0.1) is 6.92 Å². The number of pyridine rings is 1. The summed E-state index contributed by atoms with van der Waals surface area (Å²) in [5.74, 6) is -0.553. The van der Waals surface area contributed by atoms with Crippen molar-refractivity contribution in [2.45, 2.75) is 6.92 Å². The second-order valence-corrected chi connectivity index (χ2v) is 4.36. The molecule has 0 unspecified atom stereocenters. The summed E-state index contributed by atoms with van der Waals surface area (Å²) in [5, 5.41) is 22.0. The smallest absolute Gasteiger partial charge is 0.280 e. The van der Waals surface area contributed by atoms with E-state index in [9.17, 15) is 10.0 Å². The Morgan fingerprint density at radius 3 is 2.89 bits per heavy atom. The first-order valence-corrected chi connectivity index (χ1v) is 5.66. The molecular weight excluding hydrogens is 246 g/mol. The second-order valence-electron chi connectivity index (χ2n) is 4.36. The van der Waals surface area contributed by atoms with Gasteiger partial charge in [-0.1, -0.05) is 12.1 Å². The molecule has 0 atom stereocenters. The van der Waals surface area contributed by atoms with Gasteiger partial charge in [-0.05, 0) is 35.0 Å². The van der Waals surface area contributed by atoms with E-state index in [1.54, 1.807) is 6.07 Å². The highest BCUT2D eigenvalue weighted by Crippen LogP contribution is 2.20. The zero-order valence-electron chi connectivity index (χ0n) is 10.4. The SMILES string of the molecule is Cc1ccc2cc(C(=O)N(C)O)c3nnnn3c2c1. The minimum atomic E-state index is -0.553. The number of rotatable bonds is 1. The lowest BCUT2D eigenvalue weighted by molar-refractivity contribution is -0.0373. The lowest BCUT2D eigenvalue weighted by atomic mass is 10.1. The molecule has 0 aliphatic carbocycles. The Morgan fingerprint density at radius 2 is 2.16 bits per heavy atom. The average molecular weight is 257 g/mol. The summed E-state index contributed by atoms with van der Waals surface area (Å²) in [5.41, 5.74) is 2.47. The maximum Gasteiger partial charge on any atom is 0.280 e. The Kier molecular flexibility index (Phi) is 2.42. The Hall–Kier alpha value is -2.54. The van der Waals surface area contributed by atoms with E-state index in [-0.39, 0.29) is 5.56 Å². The van der Waals surface area contributed by atoms with Gasteiger partial charge in [-0.2, -0.15) is 4.52 Å². The summed E-state index contributed by atoms with van der Waals surface area (Å²) in [4.78, 5) is 11.9. The third-order valence-corrected chi connectivity index (χ3v) is 2.95. The van der Waals surface area contributed by atoms with Gasteiger partial charge in [0.15, 0.2) is 5.65 Å². The molecule has 1 amide bonds. The Balaban J connectivity index is 2.42. The van der Waals surface area contributed by atoms with Crippen LogP contribution >= 0.6 is 0 Å². The van der Waals surface area contributed by atoms with Crippen LogP contribution in [0.15, 0.2) is 24.3 Å². The Bertz CT molecular complexity index is 793. The van der Waals surface area contributed by atoms with Crippen molar-refractivity contribution in [1.29, 1.82) is 0 Å². The van der Waals surface area contributed by atoms with Crippen molar-refractivity contribution >= 4 is 22.5 Å². The van der Waals surface area contributed by atoms with E-state index in [0.717, 1.165) is 16.5 Å². The number of hydrogen-bond donors (Lipinski definition) is 1. The lowest BCUT2D eigenvalue weighted by Gasteiger charge is -2.10.